The van der Waals surface area contributed by atoms with Gasteiger partial charge in [-0.2, -0.15) is 0 Å². The number of ether oxygens (including phenoxy) is 2. The summed E-state index contributed by atoms with van der Waals surface area (Å²) < 4.78 is 16.2. The van der Waals surface area contributed by atoms with Crippen LogP contribution in [-0.4, -0.2) is 25.7 Å². The van der Waals surface area contributed by atoms with E-state index in [9.17, 15) is 4.79 Å². The maximum Gasteiger partial charge on any atom is 0.239 e. The average molecular weight is 302 g/mol. The van der Waals surface area contributed by atoms with Crippen molar-refractivity contribution in [2.75, 3.05) is 25.1 Å². The molecule has 1 atom stereocenters. The summed E-state index contributed by atoms with van der Waals surface area (Å²) in [5.41, 5.74) is 0.810. The van der Waals surface area contributed by atoms with Crippen LogP contribution in [0.5, 0.6) is 11.5 Å². The largest absolute Gasteiger partial charge is 0.486 e. The molecule has 6 nitrogen and oxygen atoms in total. The van der Waals surface area contributed by atoms with E-state index in [2.05, 4.69) is 10.6 Å². The van der Waals surface area contributed by atoms with Crippen LogP contribution in [0.15, 0.2) is 41.0 Å². The molecule has 0 fully saturated rings. The maximum absolute atomic E-state index is 11.9. The predicted molar refractivity (Wildman–Crippen MR) is 81.2 cm³/mol. The first-order chi connectivity index (χ1) is 10.7. The van der Waals surface area contributed by atoms with Crippen LogP contribution < -0.4 is 20.1 Å². The van der Waals surface area contributed by atoms with Crippen molar-refractivity contribution in [3.8, 4) is 11.5 Å². The molecule has 0 bridgehead atoms. The van der Waals surface area contributed by atoms with Gasteiger partial charge in [0.2, 0.25) is 5.91 Å². The number of fused-ring (bicyclic) bond motifs is 1. The summed E-state index contributed by atoms with van der Waals surface area (Å²) in [6, 6.07) is 8.99. The van der Waals surface area contributed by atoms with Crippen molar-refractivity contribution in [3.05, 3.63) is 42.4 Å². The van der Waals surface area contributed by atoms with Crippen LogP contribution in [0, 0.1) is 0 Å². The lowest BCUT2D eigenvalue weighted by atomic mass is 10.2. The highest BCUT2D eigenvalue weighted by atomic mass is 16.6. The van der Waals surface area contributed by atoms with Crippen molar-refractivity contribution >= 4 is 11.6 Å². The van der Waals surface area contributed by atoms with Gasteiger partial charge in [0.25, 0.3) is 0 Å². The Balaban J connectivity index is 1.52. The van der Waals surface area contributed by atoms with Gasteiger partial charge in [-0.1, -0.05) is 0 Å². The zero-order chi connectivity index (χ0) is 15.4. The molecule has 1 aromatic carbocycles. The number of amides is 1. The van der Waals surface area contributed by atoms with Gasteiger partial charge in [0.1, 0.15) is 19.0 Å². The molecule has 2 aromatic rings. The molecule has 6 heteroatoms. The first kappa shape index (κ1) is 14.3. The zero-order valence-electron chi connectivity index (χ0n) is 12.3. The third-order valence-electron chi connectivity index (χ3n) is 3.34. The number of carbonyl (C=O) groups excluding carboxylic acids is 1. The van der Waals surface area contributed by atoms with E-state index in [1.54, 1.807) is 12.3 Å². The van der Waals surface area contributed by atoms with Gasteiger partial charge in [0, 0.05) is 11.8 Å². The second-order valence-corrected chi connectivity index (χ2v) is 5.02. The summed E-state index contributed by atoms with van der Waals surface area (Å²) >= 11 is 0. The SMILES string of the molecule is C[C@H](NC(=O)CNc1ccc2c(c1)OCCO2)c1ccco1. The molecular formula is C16H18N2O4. The minimum atomic E-state index is -0.162. The minimum Gasteiger partial charge on any atom is -0.486 e. The summed E-state index contributed by atoms with van der Waals surface area (Å²) in [5.74, 6) is 2.04. The van der Waals surface area contributed by atoms with Gasteiger partial charge in [-0.15, -0.1) is 0 Å². The molecule has 2 N–H and O–H groups in total. The average Bonchev–Trinajstić information content (AvgIpc) is 3.07. The van der Waals surface area contributed by atoms with E-state index >= 15 is 0 Å². The summed E-state index contributed by atoms with van der Waals surface area (Å²) in [7, 11) is 0. The third kappa shape index (κ3) is 3.33. The van der Waals surface area contributed by atoms with Crippen LogP contribution in [0.4, 0.5) is 5.69 Å². The van der Waals surface area contributed by atoms with Crippen LogP contribution in [0.1, 0.15) is 18.7 Å². The van der Waals surface area contributed by atoms with Crippen LogP contribution in [0.25, 0.3) is 0 Å². The van der Waals surface area contributed by atoms with Crippen molar-refractivity contribution in [1.82, 2.24) is 5.32 Å². The number of benzene rings is 1. The Kier molecular flexibility index (Phi) is 4.18. The Bertz CT molecular complexity index is 640. The molecule has 0 unspecified atom stereocenters. The first-order valence-electron chi connectivity index (χ1n) is 7.18. The molecule has 116 valence electrons. The summed E-state index contributed by atoms with van der Waals surface area (Å²) in [6.45, 7) is 3.15. The molecule has 0 radical (unpaired) electrons. The lowest BCUT2D eigenvalue weighted by Gasteiger charge is -2.19. The van der Waals surface area contributed by atoms with E-state index in [4.69, 9.17) is 13.9 Å². The highest BCUT2D eigenvalue weighted by Crippen LogP contribution is 2.32. The lowest BCUT2D eigenvalue weighted by molar-refractivity contribution is -0.120. The number of furan rings is 1. The van der Waals surface area contributed by atoms with Crippen LogP contribution in [0.3, 0.4) is 0 Å². The van der Waals surface area contributed by atoms with Gasteiger partial charge in [-0.3, -0.25) is 4.79 Å². The topological polar surface area (TPSA) is 72.7 Å². The van der Waals surface area contributed by atoms with E-state index in [0.29, 0.717) is 19.0 Å². The molecular weight excluding hydrogens is 284 g/mol. The fourth-order valence-electron chi connectivity index (χ4n) is 2.24. The van der Waals surface area contributed by atoms with Crippen LogP contribution >= 0.6 is 0 Å². The minimum absolute atomic E-state index is 0.112. The molecule has 1 aliphatic heterocycles. The lowest BCUT2D eigenvalue weighted by Crippen LogP contribution is -2.31. The van der Waals surface area contributed by atoms with E-state index in [1.165, 1.54) is 0 Å². The highest BCUT2D eigenvalue weighted by molar-refractivity contribution is 5.81. The number of nitrogens with one attached hydrogen (secondary N) is 2. The van der Waals surface area contributed by atoms with Crippen molar-refractivity contribution in [1.29, 1.82) is 0 Å². The predicted octanol–water partition coefficient (Wildman–Crippen LogP) is 2.34. The Hall–Kier alpha value is -2.63. The molecule has 2 heterocycles. The quantitative estimate of drug-likeness (QED) is 0.887. The molecule has 1 amide bonds. The molecule has 0 saturated heterocycles. The van der Waals surface area contributed by atoms with Gasteiger partial charge in [0.15, 0.2) is 11.5 Å². The Morgan fingerprint density at radius 1 is 1.23 bits per heavy atom. The van der Waals surface area contributed by atoms with E-state index in [-0.39, 0.29) is 18.5 Å². The Labute approximate surface area is 128 Å². The van der Waals surface area contributed by atoms with Gasteiger partial charge in [0.05, 0.1) is 18.8 Å². The third-order valence-corrected chi connectivity index (χ3v) is 3.34. The maximum atomic E-state index is 11.9. The van der Waals surface area contributed by atoms with Crippen molar-refractivity contribution in [2.45, 2.75) is 13.0 Å². The van der Waals surface area contributed by atoms with Gasteiger partial charge < -0.3 is 24.5 Å². The number of carbonyl (C=O) groups is 1. The highest BCUT2D eigenvalue weighted by Gasteiger charge is 2.13. The van der Waals surface area contributed by atoms with E-state index in [1.807, 2.05) is 31.2 Å². The summed E-state index contributed by atoms with van der Waals surface area (Å²) in [6.07, 6.45) is 1.59. The standard InChI is InChI=1S/C16H18N2O4/c1-11(13-3-2-6-20-13)18-16(19)10-17-12-4-5-14-15(9-12)22-8-7-21-14/h2-6,9,11,17H,7-8,10H2,1H3,(H,18,19)/t11-/m0/s1. The van der Waals surface area contributed by atoms with Crippen molar-refractivity contribution < 1.29 is 18.7 Å². The summed E-state index contributed by atoms with van der Waals surface area (Å²) in [5, 5.41) is 5.93. The number of hydrogen-bond acceptors (Lipinski definition) is 5. The second kappa shape index (κ2) is 6.43. The van der Waals surface area contributed by atoms with Gasteiger partial charge >= 0.3 is 0 Å². The Morgan fingerprint density at radius 2 is 2.05 bits per heavy atom. The molecule has 3 rings (SSSR count). The number of hydrogen-bond donors (Lipinski definition) is 2. The van der Waals surface area contributed by atoms with Gasteiger partial charge in [-0.05, 0) is 31.2 Å². The second-order valence-electron chi connectivity index (χ2n) is 5.02. The molecule has 1 aromatic heterocycles. The smallest absolute Gasteiger partial charge is 0.239 e. The fourth-order valence-corrected chi connectivity index (χ4v) is 2.24. The molecule has 22 heavy (non-hydrogen) atoms. The Morgan fingerprint density at radius 3 is 2.82 bits per heavy atom. The molecule has 1 aliphatic rings. The molecule has 0 saturated carbocycles. The van der Waals surface area contributed by atoms with Gasteiger partial charge in [-0.25, -0.2) is 0 Å². The normalized spacial score (nSPS) is 14.2. The zero-order valence-corrected chi connectivity index (χ0v) is 12.3. The monoisotopic (exact) mass is 302 g/mol. The number of rotatable bonds is 5. The van der Waals surface area contributed by atoms with Crippen molar-refractivity contribution in [3.63, 3.8) is 0 Å². The van der Waals surface area contributed by atoms with E-state index < -0.39 is 0 Å². The summed E-state index contributed by atoms with van der Waals surface area (Å²) in [4.78, 5) is 11.9. The van der Waals surface area contributed by atoms with Crippen LogP contribution in [-0.2, 0) is 4.79 Å². The molecule has 0 aliphatic carbocycles. The fraction of sp³-hybridized carbons (Fsp3) is 0.312. The molecule has 0 spiro atoms. The van der Waals surface area contributed by atoms with E-state index in [0.717, 1.165) is 17.2 Å². The van der Waals surface area contributed by atoms with Crippen LogP contribution in [0.2, 0.25) is 0 Å². The van der Waals surface area contributed by atoms with Crippen molar-refractivity contribution in [2.24, 2.45) is 0 Å². The first-order valence-corrected chi connectivity index (χ1v) is 7.18. The number of anilines is 1.